The van der Waals surface area contributed by atoms with Gasteiger partial charge in [-0.25, -0.2) is 8.42 Å². The van der Waals surface area contributed by atoms with Gasteiger partial charge in [-0.15, -0.1) is 11.8 Å². The van der Waals surface area contributed by atoms with Crippen molar-refractivity contribution in [3.8, 4) is 5.75 Å². The van der Waals surface area contributed by atoms with Gasteiger partial charge in [0.25, 0.3) is 0 Å². The third kappa shape index (κ3) is 5.41. The summed E-state index contributed by atoms with van der Waals surface area (Å²) < 4.78 is 31.8. The second kappa shape index (κ2) is 9.65. The average Bonchev–Trinajstić information content (AvgIpc) is 2.67. The highest BCUT2D eigenvalue weighted by Crippen LogP contribution is 2.29. The van der Waals surface area contributed by atoms with Crippen LogP contribution in [0.15, 0.2) is 52.3 Å². The average molecular weight is 443 g/mol. The van der Waals surface area contributed by atoms with Crippen molar-refractivity contribution in [2.45, 2.75) is 22.8 Å². The van der Waals surface area contributed by atoms with Crippen LogP contribution in [0.4, 0.5) is 0 Å². The van der Waals surface area contributed by atoms with Crippen LogP contribution in [0.3, 0.4) is 0 Å². The summed E-state index contributed by atoms with van der Waals surface area (Å²) in [5, 5.41) is 3.08. The summed E-state index contributed by atoms with van der Waals surface area (Å²) in [6, 6.07) is 11.9. The lowest BCUT2D eigenvalue weighted by atomic mass is 10.1. The molecule has 2 aromatic rings. The number of nitrogens with one attached hydrogen (secondary N) is 1. The molecule has 0 aromatic heterocycles. The number of hydrogen-bond acceptors (Lipinski definition) is 5. The third-order valence-electron chi connectivity index (χ3n) is 4.17. The molecular formula is C19H23ClN2O4S2. The van der Waals surface area contributed by atoms with Crippen LogP contribution in [-0.4, -0.2) is 45.6 Å². The van der Waals surface area contributed by atoms with Gasteiger partial charge in [0, 0.05) is 17.0 Å². The number of benzene rings is 2. The van der Waals surface area contributed by atoms with E-state index in [1.54, 1.807) is 11.8 Å². The zero-order chi connectivity index (χ0) is 20.9. The molecule has 1 N–H and O–H groups in total. The molecule has 0 heterocycles. The normalized spacial score (nSPS) is 12.6. The summed E-state index contributed by atoms with van der Waals surface area (Å²) in [6.07, 6.45) is 1.99. The fourth-order valence-electron chi connectivity index (χ4n) is 2.57. The molecule has 0 aliphatic carbocycles. The molecule has 0 bridgehead atoms. The molecule has 0 aliphatic rings. The summed E-state index contributed by atoms with van der Waals surface area (Å²) >= 11 is 7.56. The van der Waals surface area contributed by atoms with Gasteiger partial charge >= 0.3 is 0 Å². The standard InChI is InChI=1S/C19H23ClN2O4S2/c1-13(14-5-8-16(27-4)9-6-14)21-19(23)12-22(2)28(24,25)18-11-15(20)7-10-17(18)26-3/h5-11,13H,12H2,1-4H3,(H,21,23)/t13-/m0/s1. The number of nitrogens with zero attached hydrogens (tertiary/aromatic N) is 1. The number of ether oxygens (including phenoxy) is 1. The molecule has 0 radical (unpaired) electrons. The Kier molecular flexibility index (Phi) is 7.77. The smallest absolute Gasteiger partial charge is 0.247 e. The number of amides is 1. The van der Waals surface area contributed by atoms with E-state index < -0.39 is 15.9 Å². The van der Waals surface area contributed by atoms with E-state index in [4.69, 9.17) is 16.3 Å². The number of methoxy groups -OCH3 is 1. The number of hydrogen-bond donors (Lipinski definition) is 1. The van der Waals surface area contributed by atoms with E-state index in [-0.39, 0.29) is 28.3 Å². The monoisotopic (exact) mass is 442 g/mol. The van der Waals surface area contributed by atoms with Crippen molar-refractivity contribution in [3.63, 3.8) is 0 Å². The van der Waals surface area contributed by atoms with Gasteiger partial charge in [-0.3, -0.25) is 4.79 Å². The number of likely N-dealkylation sites (N-methyl/N-ethyl adjacent to an activating group) is 1. The van der Waals surface area contributed by atoms with E-state index >= 15 is 0 Å². The van der Waals surface area contributed by atoms with E-state index in [1.807, 2.05) is 37.4 Å². The maximum atomic E-state index is 12.8. The van der Waals surface area contributed by atoms with E-state index in [0.717, 1.165) is 14.8 Å². The summed E-state index contributed by atoms with van der Waals surface area (Å²) in [6.45, 7) is 1.52. The van der Waals surface area contributed by atoms with E-state index in [0.29, 0.717) is 0 Å². The Morgan fingerprint density at radius 3 is 2.46 bits per heavy atom. The fraction of sp³-hybridized carbons (Fsp3) is 0.316. The van der Waals surface area contributed by atoms with Crippen molar-refractivity contribution < 1.29 is 17.9 Å². The molecule has 1 atom stereocenters. The third-order valence-corrected chi connectivity index (χ3v) is 6.98. The Balaban J connectivity index is 2.09. The fourth-order valence-corrected chi connectivity index (χ4v) is 4.52. The molecule has 2 rings (SSSR count). The summed E-state index contributed by atoms with van der Waals surface area (Å²) in [7, 11) is -1.23. The lowest BCUT2D eigenvalue weighted by Gasteiger charge is -2.20. The highest BCUT2D eigenvalue weighted by Gasteiger charge is 2.27. The minimum atomic E-state index is -3.95. The number of thioether (sulfide) groups is 1. The van der Waals surface area contributed by atoms with Crippen LogP contribution in [0.25, 0.3) is 0 Å². The zero-order valence-corrected chi connectivity index (χ0v) is 18.5. The highest BCUT2D eigenvalue weighted by atomic mass is 35.5. The second-order valence-corrected chi connectivity index (χ2v) is 9.45. The van der Waals surface area contributed by atoms with Crippen LogP contribution in [0.5, 0.6) is 5.75 Å². The number of halogens is 1. The predicted molar refractivity (Wildman–Crippen MR) is 113 cm³/mol. The van der Waals surface area contributed by atoms with Crippen LogP contribution in [0.2, 0.25) is 5.02 Å². The summed E-state index contributed by atoms with van der Waals surface area (Å²) in [4.78, 5) is 13.4. The van der Waals surface area contributed by atoms with Crippen molar-refractivity contribution in [3.05, 3.63) is 53.1 Å². The summed E-state index contributed by atoms with van der Waals surface area (Å²) in [5.41, 5.74) is 0.938. The van der Waals surface area contributed by atoms with Crippen molar-refractivity contribution in [1.29, 1.82) is 0 Å². The zero-order valence-electron chi connectivity index (χ0n) is 16.1. The van der Waals surface area contributed by atoms with Crippen LogP contribution in [-0.2, 0) is 14.8 Å². The van der Waals surface area contributed by atoms with Crippen LogP contribution in [0, 0.1) is 0 Å². The Labute approximate surface area is 175 Å². The number of rotatable bonds is 8. The van der Waals surface area contributed by atoms with Gasteiger partial charge in [-0.05, 0) is 49.1 Å². The predicted octanol–water partition coefficient (Wildman–Crippen LogP) is 3.57. The van der Waals surface area contributed by atoms with Gasteiger partial charge in [0.05, 0.1) is 19.7 Å². The molecule has 0 aliphatic heterocycles. The topological polar surface area (TPSA) is 75.7 Å². The van der Waals surface area contributed by atoms with E-state index in [2.05, 4.69) is 5.32 Å². The molecule has 1 amide bonds. The number of sulfonamides is 1. The Bertz CT molecular complexity index is 933. The quantitative estimate of drug-likeness (QED) is 0.632. The van der Waals surface area contributed by atoms with Crippen LogP contribution >= 0.6 is 23.4 Å². The molecule has 0 fully saturated rings. The maximum Gasteiger partial charge on any atom is 0.247 e. The van der Waals surface area contributed by atoms with Crippen LogP contribution in [0.1, 0.15) is 18.5 Å². The first-order chi connectivity index (χ1) is 13.2. The van der Waals surface area contributed by atoms with Crippen molar-refractivity contribution in [2.24, 2.45) is 0 Å². The minimum absolute atomic E-state index is 0.0847. The Morgan fingerprint density at radius 2 is 1.89 bits per heavy atom. The lowest BCUT2D eigenvalue weighted by Crippen LogP contribution is -2.39. The first-order valence-electron chi connectivity index (χ1n) is 8.42. The van der Waals surface area contributed by atoms with Crippen molar-refractivity contribution in [1.82, 2.24) is 9.62 Å². The minimum Gasteiger partial charge on any atom is -0.495 e. The molecule has 0 spiro atoms. The van der Waals surface area contributed by atoms with E-state index in [1.165, 1.54) is 32.4 Å². The van der Waals surface area contributed by atoms with Crippen molar-refractivity contribution in [2.75, 3.05) is 27.0 Å². The van der Waals surface area contributed by atoms with Gasteiger partial charge in [0.1, 0.15) is 10.6 Å². The Hall–Kier alpha value is -1.74. The number of carbonyl (C=O) groups excluding carboxylic acids is 1. The molecule has 2 aromatic carbocycles. The van der Waals surface area contributed by atoms with Crippen molar-refractivity contribution >= 4 is 39.3 Å². The van der Waals surface area contributed by atoms with Gasteiger partial charge in [0.2, 0.25) is 15.9 Å². The molecule has 0 saturated heterocycles. The second-order valence-electron chi connectivity index (χ2n) is 6.12. The highest BCUT2D eigenvalue weighted by molar-refractivity contribution is 7.98. The largest absolute Gasteiger partial charge is 0.495 e. The first-order valence-corrected chi connectivity index (χ1v) is 11.5. The molecule has 0 unspecified atom stereocenters. The SMILES string of the molecule is COc1ccc(Cl)cc1S(=O)(=O)N(C)CC(=O)N[C@@H](C)c1ccc(SC)cc1. The van der Waals surface area contributed by atoms with Gasteiger partial charge < -0.3 is 10.1 Å². The molecule has 6 nitrogen and oxygen atoms in total. The Morgan fingerprint density at radius 1 is 1.25 bits per heavy atom. The van der Waals surface area contributed by atoms with Gasteiger partial charge in [-0.1, -0.05) is 23.7 Å². The van der Waals surface area contributed by atoms with Gasteiger partial charge in [0.15, 0.2) is 0 Å². The first kappa shape index (κ1) is 22.5. The lowest BCUT2D eigenvalue weighted by molar-refractivity contribution is -0.121. The molecule has 0 saturated carbocycles. The maximum absolute atomic E-state index is 12.8. The van der Waals surface area contributed by atoms with Gasteiger partial charge in [-0.2, -0.15) is 4.31 Å². The molecular weight excluding hydrogens is 420 g/mol. The number of carbonyl (C=O) groups is 1. The molecule has 9 heteroatoms. The van der Waals surface area contributed by atoms with E-state index in [9.17, 15) is 13.2 Å². The van der Waals surface area contributed by atoms with Crippen LogP contribution < -0.4 is 10.1 Å². The molecule has 28 heavy (non-hydrogen) atoms. The summed E-state index contributed by atoms with van der Waals surface area (Å²) in [5.74, 6) is -0.243. The molecule has 152 valence electrons.